The van der Waals surface area contributed by atoms with E-state index in [1.807, 2.05) is 12.1 Å². The highest BCUT2D eigenvalue weighted by Gasteiger charge is 2.23. The van der Waals surface area contributed by atoms with Gasteiger partial charge in [0.25, 0.3) is 5.91 Å². The van der Waals surface area contributed by atoms with Crippen LogP contribution in [0.25, 0.3) is 0 Å². The van der Waals surface area contributed by atoms with Crippen molar-refractivity contribution in [3.8, 4) is 0 Å². The van der Waals surface area contributed by atoms with E-state index in [1.165, 1.54) is 6.07 Å². The maximum Gasteiger partial charge on any atom is 0.251 e. The van der Waals surface area contributed by atoms with E-state index in [4.69, 9.17) is 4.74 Å². The van der Waals surface area contributed by atoms with Crippen molar-refractivity contribution in [2.45, 2.75) is 12.6 Å². The van der Waals surface area contributed by atoms with Gasteiger partial charge in [0.15, 0.2) is 11.6 Å². The first-order valence-electron chi connectivity index (χ1n) is 8.17. The van der Waals surface area contributed by atoms with Crippen molar-refractivity contribution in [1.29, 1.82) is 0 Å². The third kappa shape index (κ3) is 4.21. The first-order valence-corrected chi connectivity index (χ1v) is 8.17. The van der Waals surface area contributed by atoms with Crippen LogP contribution in [0.2, 0.25) is 0 Å². The zero-order chi connectivity index (χ0) is 17.8. The van der Waals surface area contributed by atoms with E-state index < -0.39 is 11.6 Å². The molecule has 2 aromatic carbocycles. The van der Waals surface area contributed by atoms with E-state index in [0.717, 1.165) is 18.2 Å². The summed E-state index contributed by atoms with van der Waals surface area (Å²) in [5.41, 5.74) is 2.34. The number of hydrogen-bond donors (Lipinski definition) is 1. The summed E-state index contributed by atoms with van der Waals surface area (Å²) < 4.78 is 32.2. The molecule has 1 fully saturated rings. The Labute approximate surface area is 145 Å². The molecule has 0 radical (unpaired) electrons. The Morgan fingerprint density at radius 2 is 1.96 bits per heavy atom. The van der Waals surface area contributed by atoms with Gasteiger partial charge in [-0.25, -0.2) is 8.78 Å². The lowest BCUT2D eigenvalue weighted by atomic mass is 10.1. The van der Waals surface area contributed by atoms with E-state index in [2.05, 4.69) is 10.2 Å². The molecule has 0 saturated carbocycles. The number of hydrogen-bond acceptors (Lipinski definition) is 3. The average Bonchev–Trinajstić information content (AvgIpc) is 2.64. The lowest BCUT2D eigenvalue weighted by Crippen LogP contribution is -2.37. The fourth-order valence-electron chi connectivity index (χ4n) is 2.92. The fraction of sp³-hybridized carbons (Fsp3) is 0.316. The van der Waals surface area contributed by atoms with Gasteiger partial charge in [-0.15, -0.1) is 0 Å². The molecule has 0 spiro atoms. The van der Waals surface area contributed by atoms with Gasteiger partial charge in [0.05, 0.1) is 12.7 Å². The minimum atomic E-state index is -0.858. The summed E-state index contributed by atoms with van der Waals surface area (Å²) in [5.74, 6) is -1.83. The van der Waals surface area contributed by atoms with E-state index in [1.54, 1.807) is 25.2 Å². The Morgan fingerprint density at radius 1 is 1.20 bits per heavy atom. The van der Waals surface area contributed by atoms with Crippen molar-refractivity contribution < 1.29 is 18.3 Å². The highest BCUT2D eigenvalue weighted by molar-refractivity contribution is 5.93. The monoisotopic (exact) mass is 346 g/mol. The molecule has 1 saturated heterocycles. The normalized spacial score (nSPS) is 18.1. The zero-order valence-electron chi connectivity index (χ0n) is 14.0. The van der Waals surface area contributed by atoms with Crippen LogP contribution in [0.3, 0.4) is 0 Å². The second kappa shape index (κ2) is 7.72. The van der Waals surface area contributed by atoms with Crippen molar-refractivity contribution in [3.05, 3.63) is 70.8 Å². The van der Waals surface area contributed by atoms with Gasteiger partial charge in [0.2, 0.25) is 0 Å². The minimum absolute atomic E-state index is 0.115. The number of ether oxygens (including phenoxy) is 1. The molecule has 2 aromatic rings. The number of nitrogens with one attached hydrogen (secondary N) is 1. The molecule has 0 aromatic heterocycles. The summed E-state index contributed by atoms with van der Waals surface area (Å²) in [6.07, 6.45) is -0.283. The molecule has 3 rings (SSSR count). The minimum Gasteiger partial charge on any atom is -0.371 e. The van der Waals surface area contributed by atoms with Crippen LogP contribution in [-0.2, 0) is 11.3 Å². The molecule has 4 nitrogen and oxygen atoms in total. The van der Waals surface area contributed by atoms with Crippen molar-refractivity contribution in [2.75, 3.05) is 26.7 Å². The van der Waals surface area contributed by atoms with Crippen molar-refractivity contribution in [1.82, 2.24) is 10.2 Å². The third-order valence-electron chi connectivity index (χ3n) is 4.32. The van der Waals surface area contributed by atoms with Crippen LogP contribution < -0.4 is 5.32 Å². The summed E-state index contributed by atoms with van der Waals surface area (Å²) in [4.78, 5) is 13.8. The van der Waals surface area contributed by atoms with Crippen LogP contribution >= 0.6 is 0 Å². The van der Waals surface area contributed by atoms with E-state index in [0.29, 0.717) is 30.8 Å². The molecule has 0 bridgehead atoms. The van der Waals surface area contributed by atoms with E-state index in [9.17, 15) is 13.6 Å². The molecular weight excluding hydrogens is 326 g/mol. The van der Waals surface area contributed by atoms with Crippen LogP contribution in [0.15, 0.2) is 42.5 Å². The highest BCUT2D eigenvalue weighted by atomic mass is 19.2. The smallest absolute Gasteiger partial charge is 0.251 e. The molecular formula is C19H20F2N2O2. The van der Waals surface area contributed by atoms with Crippen molar-refractivity contribution in [2.24, 2.45) is 0 Å². The average molecular weight is 346 g/mol. The molecule has 0 aliphatic carbocycles. The second-order valence-electron chi connectivity index (χ2n) is 6.04. The Hall–Kier alpha value is -2.31. The van der Waals surface area contributed by atoms with Gasteiger partial charge < -0.3 is 10.1 Å². The van der Waals surface area contributed by atoms with Crippen LogP contribution in [0, 0.1) is 11.6 Å². The molecule has 25 heavy (non-hydrogen) atoms. The topological polar surface area (TPSA) is 41.6 Å². The molecule has 1 aliphatic rings. The van der Waals surface area contributed by atoms with Crippen molar-refractivity contribution in [3.63, 3.8) is 0 Å². The van der Waals surface area contributed by atoms with Crippen LogP contribution in [0.4, 0.5) is 8.78 Å². The summed E-state index contributed by atoms with van der Waals surface area (Å²) in [6, 6.07) is 11.3. The Kier molecular flexibility index (Phi) is 5.40. The van der Waals surface area contributed by atoms with Gasteiger partial charge >= 0.3 is 0 Å². The Morgan fingerprint density at radius 3 is 2.64 bits per heavy atom. The maximum absolute atomic E-state index is 13.4. The molecule has 0 unspecified atom stereocenters. The molecule has 1 aliphatic heterocycles. The van der Waals surface area contributed by atoms with Gasteiger partial charge in [-0.2, -0.15) is 0 Å². The summed E-state index contributed by atoms with van der Waals surface area (Å²) in [7, 11) is 1.60. The fourth-order valence-corrected chi connectivity index (χ4v) is 2.92. The largest absolute Gasteiger partial charge is 0.371 e. The zero-order valence-corrected chi connectivity index (χ0v) is 14.0. The predicted octanol–water partition coefficient (Wildman–Crippen LogP) is 2.90. The molecule has 1 atom stereocenters. The van der Waals surface area contributed by atoms with Gasteiger partial charge in [-0.05, 0) is 35.4 Å². The number of carbonyl (C=O) groups is 1. The van der Waals surface area contributed by atoms with Crippen molar-refractivity contribution >= 4 is 5.91 Å². The lowest BCUT2D eigenvalue weighted by Gasteiger charge is -2.33. The number of nitrogens with zero attached hydrogens (tertiary/aromatic N) is 1. The number of halogens is 2. The number of benzene rings is 2. The number of morpholine rings is 1. The first-order chi connectivity index (χ1) is 12.1. The maximum atomic E-state index is 13.4. The predicted molar refractivity (Wildman–Crippen MR) is 90.2 cm³/mol. The van der Waals surface area contributed by atoms with Gasteiger partial charge in [0.1, 0.15) is 0 Å². The summed E-state index contributed by atoms with van der Waals surface area (Å²) in [5, 5.41) is 2.59. The molecule has 132 valence electrons. The van der Waals surface area contributed by atoms with Crippen LogP contribution in [0.5, 0.6) is 0 Å². The number of amides is 1. The standard InChI is InChI=1S/C19H20F2N2O2/c1-22-19(24)14-4-2-13(3-5-14)11-23-8-9-25-18(12-23)15-6-7-16(20)17(21)10-15/h2-7,10,18H,8-9,11-12H2,1H3,(H,22,24)/t18-/m1/s1. The summed E-state index contributed by atoms with van der Waals surface area (Å²) >= 11 is 0. The molecule has 1 N–H and O–H groups in total. The van der Waals surface area contributed by atoms with E-state index >= 15 is 0 Å². The quantitative estimate of drug-likeness (QED) is 0.926. The molecule has 1 amide bonds. The lowest BCUT2D eigenvalue weighted by molar-refractivity contribution is -0.0330. The van der Waals surface area contributed by atoms with Gasteiger partial charge in [-0.1, -0.05) is 18.2 Å². The summed E-state index contributed by atoms with van der Waals surface area (Å²) in [6.45, 7) is 2.59. The first kappa shape index (κ1) is 17.5. The Balaban J connectivity index is 1.65. The highest BCUT2D eigenvalue weighted by Crippen LogP contribution is 2.24. The Bertz CT molecular complexity index is 750. The molecule has 1 heterocycles. The third-order valence-corrected chi connectivity index (χ3v) is 4.32. The second-order valence-corrected chi connectivity index (χ2v) is 6.04. The number of carbonyl (C=O) groups excluding carboxylic acids is 1. The SMILES string of the molecule is CNC(=O)c1ccc(CN2CCO[C@@H](c3ccc(F)c(F)c3)C2)cc1. The van der Waals surface area contributed by atoms with Gasteiger partial charge in [-0.3, -0.25) is 9.69 Å². The molecule has 6 heteroatoms. The van der Waals surface area contributed by atoms with Crippen LogP contribution in [0.1, 0.15) is 27.6 Å². The van der Waals surface area contributed by atoms with Gasteiger partial charge in [0, 0.05) is 32.2 Å². The number of rotatable bonds is 4. The van der Waals surface area contributed by atoms with Crippen LogP contribution in [-0.4, -0.2) is 37.6 Å². The van der Waals surface area contributed by atoms with E-state index in [-0.39, 0.29) is 12.0 Å².